The van der Waals surface area contributed by atoms with E-state index in [1.54, 1.807) is 39.7 Å². The molecule has 5 aromatic rings. The van der Waals surface area contributed by atoms with E-state index in [9.17, 15) is 18.8 Å². The summed E-state index contributed by atoms with van der Waals surface area (Å²) < 4.78 is 33.3. The fourth-order valence-electron chi connectivity index (χ4n) is 8.30. The number of alkyl halides is 1. The lowest BCUT2D eigenvalue weighted by Gasteiger charge is -2.40. The molecule has 8 rings (SSSR count). The molecule has 6 heterocycles. The number of hydrogen-bond acceptors (Lipinski definition) is 11. The monoisotopic (exact) mass is 807 g/mol. The van der Waals surface area contributed by atoms with Crippen molar-refractivity contribution >= 4 is 51.5 Å². The van der Waals surface area contributed by atoms with Gasteiger partial charge in [0.1, 0.15) is 22.9 Å². The number of halogens is 2. The van der Waals surface area contributed by atoms with Crippen molar-refractivity contribution < 1.29 is 18.4 Å². The average molecular weight is 808 g/mol. The summed E-state index contributed by atoms with van der Waals surface area (Å²) in [6.45, 7) is 13.0. The number of pyridine rings is 1. The highest BCUT2D eigenvalue weighted by Crippen LogP contribution is 2.30. The van der Waals surface area contributed by atoms with Gasteiger partial charge in [-0.3, -0.25) is 24.6 Å². The third-order valence-corrected chi connectivity index (χ3v) is 11.5. The highest BCUT2D eigenvalue weighted by Gasteiger charge is 2.29. The van der Waals surface area contributed by atoms with Crippen molar-refractivity contribution in [1.82, 2.24) is 34.5 Å². The van der Waals surface area contributed by atoms with E-state index in [2.05, 4.69) is 52.8 Å². The second-order valence-electron chi connectivity index (χ2n) is 16.5. The number of benzene rings is 2. The summed E-state index contributed by atoms with van der Waals surface area (Å²) in [5, 5.41) is 9.01. The topological polar surface area (TPSA) is 146 Å². The van der Waals surface area contributed by atoms with E-state index < -0.39 is 11.7 Å². The first-order valence-corrected chi connectivity index (χ1v) is 20.5. The molecule has 14 nitrogen and oxygen atoms in total. The number of imide groups is 1. The minimum absolute atomic E-state index is 0.215. The lowest BCUT2D eigenvalue weighted by atomic mass is 9.95. The Bertz CT molecular complexity index is 2390. The number of anilines is 5. The zero-order valence-corrected chi connectivity index (χ0v) is 33.9. The largest absolute Gasteiger partial charge is 0.374 e. The van der Waals surface area contributed by atoms with Gasteiger partial charge in [0.2, 0.25) is 17.8 Å². The molecule has 3 aromatic heterocycles. The lowest BCUT2D eigenvalue weighted by molar-refractivity contribution is -0.133. The summed E-state index contributed by atoms with van der Waals surface area (Å²) in [4.78, 5) is 57.8. The molecule has 0 spiro atoms. The van der Waals surface area contributed by atoms with Crippen LogP contribution in [-0.4, -0.2) is 92.9 Å². The zero-order valence-electron chi connectivity index (χ0n) is 33.9. The van der Waals surface area contributed by atoms with Crippen LogP contribution in [0.15, 0.2) is 71.7 Å². The van der Waals surface area contributed by atoms with Crippen LogP contribution in [0.1, 0.15) is 65.1 Å². The highest BCUT2D eigenvalue weighted by atomic mass is 19.1. The Hall–Kier alpha value is -5.90. The maximum absolute atomic E-state index is 15.2. The standard InChI is InChI=1S/C43H51F2N11O3/c1-27(2)55-41(59)32-25-46-42(51-39(32)56(55)37-7-5-6-36(49-37)43(3,4)45)48-29-8-11-31(12-9-29)53-22-20-52(21-23-53)26-28-16-18-54(19-17-28)35-14-10-30(24-33(35)44)47-34-13-15-38(57)50-40(34)58/h5-12,14,24-25,27-28,34,47H,13,15-23,26H2,1-4H3,(H,46,48,51)(H,50,57,58). The predicted molar refractivity (Wildman–Crippen MR) is 225 cm³/mol. The van der Waals surface area contributed by atoms with Crippen LogP contribution >= 0.6 is 0 Å². The molecule has 310 valence electrons. The van der Waals surface area contributed by atoms with Crippen LogP contribution in [0.25, 0.3) is 16.9 Å². The van der Waals surface area contributed by atoms with Crippen molar-refractivity contribution in [2.24, 2.45) is 5.92 Å². The van der Waals surface area contributed by atoms with Gasteiger partial charge in [0, 0.05) is 81.5 Å². The van der Waals surface area contributed by atoms with E-state index in [1.165, 1.54) is 26.1 Å². The van der Waals surface area contributed by atoms with Gasteiger partial charge in [0.25, 0.3) is 5.56 Å². The number of carbonyl (C=O) groups is 2. The van der Waals surface area contributed by atoms with Crippen molar-refractivity contribution in [3.8, 4) is 5.82 Å². The number of aromatic nitrogens is 5. The molecule has 0 radical (unpaired) electrons. The van der Waals surface area contributed by atoms with Crippen LogP contribution < -0.4 is 31.3 Å². The van der Waals surface area contributed by atoms with Gasteiger partial charge in [-0.05, 0) is 107 Å². The highest BCUT2D eigenvalue weighted by molar-refractivity contribution is 6.01. The van der Waals surface area contributed by atoms with Gasteiger partial charge in [-0.1, -0.05) is 6.07 Å². The number of rotatable bonds is 11. The molecule has 1 unspecified atom stereocenters. The van der Waals surface area contributed by atoms with Crippen molar-refractivity contribution in [2.75, 3.05) is 66.2 Å². The molecular formula is C43H51F2N11O3. The molecule has 0 bridgehead atoms. The van der Waals surface area contributed by atoms with E-state index in [4.69, 9.17) is 4.98 Å². The van der Waals surface area contributed by atoms with E-state index in [0.717, 1.165) is 70.0 Å². The van der Waals surface area contributed by atoms with E-state index in [1.807, 2.05) is 26.0 Å². The van der Waals surface area contributed by atoms with Gasteiger partial charge in [-0.2, -0.15) is 4.98 Å². The molecule has 2 aromatic carbocycles. The number of piperidine rings is 2. The van der Waals surface area contributed by atoms with Crippen LogP contribution in [0.3, 0.4) is 0 Å². The van der Waals surface area contributed by atoms with Crippen LogP contribution in [0.5, 0.6) is 0 Å². The van der Waals surface area contributed by atoms with Crippen molar-refractivity contribution in [2.45, 2.75) is 71.1 Å². The molecule has 16 heteroatoms. The van der Waals surface area contributed by atoms with E-state index in [-0.39, 0.29) is 41.3 Å². The minimum Gasteiger partial charge on any atom is -0.374 e. The second kappa shape index (κ2) is 16.4. The van der Waals surface area contributed by atoms with Crippen LogP contribution in [0.4, 0.5) is 37.5 Å². The first kappa shape index (κ1) is 39.9. The Kier molecular flexibility index (Phi) is 11.1. The average Bonchev–Trinajstić information content (AvgIpc) is 3.51. The quantitative estimate of drug-likeness (QED) is 0.137. The molecule has 59 heavy (non-hydrogen) atoms. The van der Waals surface area contributed by atoms with Gasteiger partial charge < -0.3 is 20.4 Å². The molecule has 3 fully saturated rings. The molecule has 0 aliphatic carbocycles. The molecule has 3 aliphatic rings. The summed E-state index contributed by atoms with van der Waals surface area (Å²) in [6.07, 6.45) is 4.15. The maximum atomic E-state index is 15.2. The number of nitrogens with one attached hydrogen (secondary N) is 3. The van der Waals surface area contributed by atoms with Gasteiger partial charge in [-0.15, -0.1) is 0 Å². The van der Waals surface area contributed by atoms with Crippen LogP contribution in [0.2, 0.25) is 0 Å². The predicted octanol–water partition coefficient (Wildman–Crippen LogP) is 5.90. The Morgan fingerprint density at radius 3 is 2.29 bits per heavy atom. The maximum Gasteiger partial charge on any atom is 0.278 e. The fraction of sp³-hybridized carbons (Fsp3) is 0.442. The van der Waals surface area contributed by atoms with Crippen LogP contribution in [-0.2, 0) is 15.3 Å². The fourth-order valence-corrected chi connectivity index (χ4v) is 8.30. The Balaban J connectivity index is 0.839. The molecule has 1 atom stereocenters. The zero-order chi connectivity index (χ0) is 41.4. The van der Waals surface area contributed by atoms with Crippen molar-refractivity contribution in [1.29, 1.82) is 0 Å². The molecule has 3 N–H and O–H groups in total. The molecular weight excluding hydrogens is 757 g/mol. The summed E-state index contributed by atoms with van der Waals surface area (Å²) in [6, 6.07) is 17.5. The number of piperazine rings is 1. The van der Waals surface area contributed by atoms with Crippen LogP contribution in [0, 0.1) is 11.7 Å². The smallest absolute Gasteiger partial charge is 0.278 e. The first-order valence-electron chi connectivity index (χ1n) is 20.5. The summed E-state index contributed by atoms with van der Waals surface area (Å²) >= 11 is 0. The number of carbonyl (C=O) groups excluding carboxylic acids is 2. The first-order chi connectivity index (χ1) is 28.3. The Labute approximate surface area is 341 Å². The minimum atomic E-state index is -1.66. The second-order valence-corrected chi connectivity index (χ2v) is 16.5. The van der Waals surface area contributed by atoms with Crippen molar-refractivity contribution in [3.63, 3.8) is 0 Å². The van der Waals surface area contributed by atoms with Crippen molar-refractivity contribution in [3.05, 3.63) is 88.7 Å². The number of hydrogen-bond donors (Lipinski definition) is 3. The molecule has 0 saturated carbocycles. The normalized spacial score (nSPS) is 18.5. The van der Waals surface area contributed by atoms with E-state index in [0.29, 0.717) is 46.5 Å². The number of fused-ring (bicyclic) bond motifs is 1. The number of amides is 2. The molecule has 3 aliphatic heterocycles. The van der Waals surface area contributed by atoms with Gasteiger partial charge in [-0.25, -0.2) is 28.1 Å². The third-order valence-electron chi connectivity index (χ3n) is 11.5. The third kappa shape index (κ3) is 8.63. The SMILES string of the molecule is CC(C)n1c(=O)c2cnc(Nc3ccc(N4CCN(CC5CCN(c6ccc(NC7CCC(=O)NC7=O)cc6F)CC5)CC4)cc3)nc2n1-c1cccc(C(C)(C)F)n1. The Morgan fingerprint density at radius 2 is 1.61 bits per heavy atom. The van der Waals surface area contributed by atoms with E-state index >= 15 is 4.39 Å². The number of nitrogens with zero attached hydrogens (tertiary/aromatic N) is 8. The summed E-state index contributed by atoms with van der Waals surface area (Å²) in [7, 11) is 0. The Morgan fingerprint density at radius 1 is 0.881 bits per heavy atom. The van der Waals surface area contributed by atoms with Gasteiger partial charge in [0.15, 0.2) is 11.5 Å². The molecule has 3 saturated heterocycles. The van der Waals surface area contributed by atoms with Gasteiger partial charge in [0.05, 0.1) is 11.4 Å². The summed E-state index contributed by atoms with van der Waals surface area (Å²) in [5.74, 6) is 0.287. The summed E-state index contributed by atoms with van der Waals surface area (Å²) in [5.41, 5.74) is 1.76. The lowest BCUT2D eigenvalue weighted by Crippen LogP contribution is -2.49. The molecule has 2 amide bonds. The van der Waals surface area contributed by atoms with Gasteiger partial charge >= 0.3 is 0 Å².